The molecule has 6 heteroatoms. The van der Waals surface area contributed by atoms with Gasteiger partial charge in [0.15, 0.2) is 0 Å². The van der Waals surface area contributed by atoms with Gasteiger partial charge in [0.1, 0.15) is 11.5 Å². The van der Waals surface area contributed by atoms with Crippen LogP contribution in [-0.4, -0.2) is 4.98 Å². The lowest BCUT2D eigenvalue weighted by molar-refractivity contribution is 0.146. The number of anilines is 1. The summed E-state index contributed by atoms with van der Waals surface area (Å²) in [6.07, 6.45) is -2.61. The number of rotatable bonds is 1. The van der Waals surface area contributed by atoms with Crippen molar-refractivity contribution in [3.05, 3.63) is 20.4 Å². The molecule has 0 fully saturated rings. The van der Waals surface area contributed by atoms with Gasteiger partial charge in [0.05, 0.1) is 5.02 Å². The summed E-state index contributed by atoms with van der Waals surface area (Å²) in [6.45, 7) is 0. The number of hydrogen-bond acceptors (Lipinski definition) is 2. The van der Waals surface area contributed by atoms with Gasteiger partial charge in [0.2, 0.25) is 0 Å². The molecule has 1 heterocycles. The minimum absolute atomic E-state index is 0.0566. The summed E-state index contributed by atoms with van der Waals surface area (Å²) >= 11 is 7.44. The summed E-state index contributed by atoms with van der Waals surface area (Å²) in [5.41, 5.74) is 4.93. The number of alkyl halides is 2. The van der Waals surface area contributed by atoms with Crippen LogP contribution in [0, 0.1) is 3.57 Å². The molecule has 1 aromatic heterocycles. The smallest absolute Gasteiger partial charge is 0.280 e. The normalized spacial score (nSPS) is 10.8. The Labute approximate surface area is 86.3 Å². The second kappa shape index (κ2) is 3.69. The monoisotopic (exact) mass is 304 g/mol. The Balaban J connectivity index is 3.21. The molecule has 0 radical (unpaired) electrons. The minimum atomic E-state index is -2.61. The van der Waals surface area contributed by atoms with Crippen molar-refractivity contribution in [2.24, 2.45) is 0 Å². The summed E-state index contributed by atoms with van der Waals surface area (Å²) in [6, 6.07) is 1.21. The number of halogens is 4. The summed E-state index contributed by atoms with van der Waals surface area (Å²) in [7, 11) is 0. The number of nitrogens with two attached hydrogens (primary N) is 1. The maximum absolute atomic E-state index is 12.1. The van der Waals surface area contributed by atoms with Gasteiger partial charge in [0, 0.05) is 3.57 Å². The molecule has 0 bridgehead atoms. The van der Waals surface area contributed by atoms with Crippen LogP contribution >= 0.6 is 34.2 Å². The molecular weight excluding hydrogens is 300 g/mol. The molecule has 0 unspecified atom stereocenters. The Kier molecular flexibility index (Phi) is 3.05. The fraction of sp³-hybridized carbons (Fsp3) is 0.167. The molecule has 0 atom stereocenters. The van der Waals surface area contributed by atoms with Crippen LogP contribution in [0.25, 0.3) is 0 Å². The molecule has 12 heavy (non-hydrogen) atoms. The van der Waals surface area contributed by atoms with Gasteiger partial charge in [0.25, 0.3) is 6.43 Å². The van der Waals surface area contributed by atoms with E-state index in [9.17, 15) is 8.78 Å². The molecule has 2 nitrogen and oxygen atoms in total. The molecule has 0 aromatic carbocycles. The average Bonchev–Trinajstić information content (AvgIpc) is 1.99. The third-order valence-electron chi connectivity index (χ3n) is 1.18. The van der Waals surface area contributed by atoms with E-state index >= 15 is 0 Å². The molecule has 0 amide bonds. The molecule has 0 aliphatic heterocycles. The lowest BCUT2D eigenvalue weighted by Gasteiger charge is -2.03. The zero-order valence-electron chi connectivity index (χ0n) is 5.69. The molecule has 2 N–H and O–H groups in total. The summed E-state index contributed by atoms with van der Waals surface area (Å²) in [5, 5.41) is 0.222. The third-order valence-corrected chi connectivity index (χ3v) is 2.75. The maximum atomic E-state index is 12.1. The first-order valence-electron chi connectivity index (χ1n) is 2.92. The minimum Gasteiger partial charge on any atom is -0.382 e. The van der Waals surface area contributed by atoms with Gasteiger partial charge in [-0.1, -0.05) is 11.6 Å². The standard InChI is InChI=1S/C6H4ClF2IN2/c7-4-2(10)1-3(5(8)9)12-6(4)11/h1,5H,(H2,11,12). The first-order valence-corrected chi connectivity index (χ1v) is 4.37. The molecular formula is C6H4ClF2IN2. The van der Waals surface area contributed by atoms with Crippen LogP contribution in [0.4, 0.5) is 14.6 Å². The Hall–Kier alpha value is -0.170. The van der Waals surface area contributed by atoms with E-state index in [-0.39, 0.29) is 16.5 Å². The van der Waals surface area contributed by atoms with Gasteiger partial charge in [-0.05, 0) is 28.7 Å². The van der Waals surface area contributed by atoms with Crippen LogP contribution in [0.2, 0.25) is 5.02 Å². The third kappa shape index (κ3) is 1.95. The molecule has 0 spiro atoms. The van der Waals surface area contributed by atoms with E-state index in [1.54, 1.807) is 0 Å². The topological polar surface area (TPSA) is 38.9 Å². The quantitative estimate of drug-likeness (QED) is 0.810. The van der Waals surface area contributed by atoms with Gasteiger partial charge in [-0.25, -0.2) is 13.8 Å². The van der Waals surface area contributed by atoms with Crippen LogP contribution in [0.15, 0.2) is 6.07 Å². The van der Waals surface area contributed by atoms with Crippen molar-refractivity contribution in [1.82, 2.24) is 4.98 Å². The lowest BCUT2D eigenvalue weighted by Crippen LogP contribution is -1.98. The van der Waals surface area contributed by atoms with Gasteiger partial charge >= 0.3 is 0 Å². The van der Waals surface area contributed by atoms with Crippen LogP contribution < -0.4 is 5.73 Å². The van der Waals surface area contributed by atoms with E-state index in [2.05, 4.69) is 4.98 Å². The van der Waals surface area contributed by atoms with E-state index in [0.717, 1.165) is 0 Å². The Morgan fingerprint density at radius 1 is 1.58 bits per heavy atom. The fourth-order valence-electron chi connectivity index (χ4n) is 0.648. The Bertz CT molecular complexity index is 283. The van der Waals surface area contributed by atoms with Gasteiger partial charge < -0.3 is 5.73 Å². The number of hydrogen-bond donors (Lipinski definition) is 1. The van der Waals surface area contributed by atoms with Crippen molar-refractivity contribution in [3.8, 4) is 0 Å². The zero-order valence-corrected chi connectivity index (χ0v) is 8.60. The first-order chi connectivity index (χ1) is 5.52. The van der Waals surface area contributed by atoms with Crippen molar-refractivity contribution < 1.29 is 8.78 Å². The first kappa shape index (κ1) is 9.91. The molecule has 0 aliphatic carbocycles. The average molecular weight is 304 g/mol. The van der Waals surface area contributed by atoms with E-state index in [0.29, 0.717) is 3.57 Å². The highest BCUT2D eigenvalue weighted by Gasteiger charge is 2.13. The van der Waals surface area contributed by atoms with E-state index in [1.807, 2.05) is 22.6 Å². The van der Waals surface area contributed by atoms with E-state index < -0.39 is 6.43 Å². The van der Waals surface area contributed by atoms with Crippen LogP contribution in [-0.2, 0) is 0 Å². The van der Waals surface area contributed by atoms with Crippen molar-refractivity contribution in [1.29, 1.82) is 0 Å². The highest BCUT2D eigenvalue weighted by Crippen LogP contribution is 2.27. The van der Waals surface area contributed by atoms with E-state index in [1.165, 1.54) is 6.07 Å². The predicted molar refractivity (Wildman–Crippen MR) is 51.3 cm³/mol. The molecule has 0 saturated heterocycles. The molecule has 1 rings (SSSR count). The zero-order chi connectivity index (χ0) is 9.30. The second-order valence-corrected chi connectivity index (χ2v) is 3.57. The summed E-state index contributed by atoms with van der Waals surface area (Å²) < 4.78 is 24.7. The Morgan fingerprint density at radius 3 is 2.58 bits per heavy atom. The molecule has 66 valence electrons. The van der Waals surface area contributed by atoms with Crippen LogP contribution in [0.1, 0.15) is 12.1 Å². The second-order valence-electron chi connectivity index (χ2n) is 2.03. The number of nitrogens with zero attached hydrogens (tertiary/aromatic N) is 1. The Morgan fingerprint density at radius 2 is 2.17 bits per heavy atom. The molecule has 0 aliphatic rings. The maximum Gasteiger partial charge on any atom is 0.280 e. The van der Waals surface area contributed by atoms with Crippen LogP contribution in [0.3, 0.4) is 0 Å². The van der Waals surface area contributed by atoms with E-state index in [4.69, 9.17) is 17.3 Å². The highest BCUT2D eigenvalue weighted by molar-refractivity contribution is 14.1. The van der Waals surface area contributed by atoms with Crippen molar-refractivity contribution in [2.45, 2.75) is 6.43 Å². The summed E-state index contributed by atoms with van der Waals surface area (Å²) in [5.74, 6) is -0.0566. The summed E-state index contributed by atoms with van der Waals surface area (Å²) in [4.78, 5) is 3.42. The highest BCUT2D eigenvalue weighted by atomic mass is 127. The lowest BCUT2D eigenvalue weighted by atomic mass is 10.3. The van der Waals surface area contributed by atoms with Gasteiger partial charge in [-0.15, -0.1) is 0 Å². The number of pyridine rings is 1. The molecule has 0 saturated carbocycles. The van der Waals surface area contributed by atoms with Crippen LogP contribution in [0.5, 0.6) is 0 Å². The van der Waals surface area contributed by atoms with Crippen molar-refractivity contribution >= 4 is 40.0 Å². The predicted octanol–water partition coefficient (Wildman–Crippen LogP) is 2.86. The van der Waals surface area contributed by atoms with Crippen molar-refractivity contribution in [2.75, 3.05) is 5.73 Å². The number of aromatic nitrogens is 1. The van der Waals surface area contributed by atoms with Gasteiger partial charge in [-0.3, -0.25) is 0 Å². The fourth-order valence-corrected chi connectivity index (χ4v) is 1.34. The number of nitrogen functional groups attached to an aromatic ring is 1. The van der Waals surface area contributed by atoms with Crippen molar-refractivity contribution in [3.63, 3.8) is 0 Å². The SMILES string of the molecule is Nc1nc(C(F)F)cc(I)c1Cl. The largest absolute Gasteiger partial charge is 0.382 e. The van der Waals surface area contributed by atoms with Gasteiger partial charge in [-0.2, -0.15) is 0 Å². The molecule has 1 aromatic rings.